The fourth-order valence-electron chi connectivity index (χ4n) is 3.61. The fraction of sp³-hybridized carbons (Fsp3) is 0.423. The molecule has 9 heteroatoms. The first-order valence-corrected chi connectivity index (χ1v) is 13.1. The number of unbranched alkanes of at least 4 members (excludes halogenated alkanes) is 3. The van der Waals surface area contributed by atoms with Gasteiger partial charge in [0.1, 0.15) is 11.0 Å². The fourth-order valence-corrected chi connectivity index (χ4v) is 4.56. The highest BCUT2D eigenvalue weighted by Gasteiger charge is 2.23. The van der Waals surface area contributed by atoms with Gasteiger partial charge >= 0.3 is 6.03 Å². The largest absolute Gasteiger partial charge is 0.508 e. The third kappa shape index (κ3) is 8.29. The number of urea groups is 1. The van der Waals surface area contributed by atoms with E-state index in [9.17, 15) is 9.90 Å². The summed E-state index contributed by atoms with van der Waals surface area (Å²) in [5.74, 6) is 1.87. The number of hydrogen-bond donors (Lipinski definition) is 3. The Morgan fingerprint density at radius 3 is 2.51 bits per heavy atom. The highest BCUT2D eigenvalue weighted by molar-refractivity contribution is 7.99. The minimum Gasteiger partial charge on any atom is -0.508 e. The number of nitrogens with one attached hydrogen (secondary N) is 2. The van der Waals surface area contributed by atoms with Crippen LogP contribution in [0, 0.1) is 0 Å². The van der Waals surface area contributed by atoms with Crippen LogP contribution in [0.5, 0.6) is 5.75 Å². The van der Waals surface area contributed by atoms with E-state index in [0.29, 0.717) is 24.0 Å². The number of aromatic hydroxyl groups is 1. The molecule has 3 aromatic rings. The summed E-state index contributed by atoms with van der Waals surface area (Å²) < 4.78 is 5.96. The molecule has 0 saturated heterocycles. The second-order valence-corrected chi connectivity index (χ2v) is 9.90. The van der Waals surface area contributed by atoms with Crippen LogP contribution < -0.4 is 10.6 Å². The van der Waals surface area contributed by atoms with E-state index in [2.05, 4.69) is 39.8 Å². The van der Waals surface area contributed by atoms with Gasteiger partial charge in [0.15, 0.2) is 0 Å². The highest BCUT2D eigenvalue weighted by Crippen LogP contribution is 2.39. The molecule has 3 rings (SSSR count). The van der Waals surface area contributed by atoms with Gasteiger partial charge in [-0.1, -0.05) is 38.0 Å². The zero-order valence-corrected chi connectivity index (χ0v) is 21.5. The van der Waals surface area contributed by atoms with Crippen LogP contribution in [0.25, 0.3) is 11.5 Å². The molecule has 0 aliphatic rings. The Bertz CT molecular complexity index is 1060. The molecule has 0 aliphatic heterocycles. The molecule has 3 N–H and O–H groups in total. The number of phenols is 1. The minimum atomic E-state index is -0.250. The maximum absolute atomic E-state index is 12.2. The van der Waals surface area contributed by atoms with Gasteiger partial charge in [-0.05, 0) is 69.6 Å². The molecule has 0 spiro atoms. The van der Waals surface area contributed by atoms with Crippen molar-refractivity contribution in [2.24, 2.45) is 0 Å². The molecule has 0 bridgehead atoms. The summed E-state index contributed by atoms with van der Waals surface area (Å²) in [6.07, 6.45) is 4.43. The summed E-state index contributed by atoms with van der Waals surface area (Å²) in [5.41, 5.74) is 2.18. The lowest BCUT2D eigenvalue weighted by atomic mass is 10.1. The molecule has 35 heavy (non-hydrogen) atoms. The Morgan fingerprint density at radius 2 is 1.80 bits per heavy atom. The van der Waals surface area contributed by atoms with Crippen molar-refractivity contribution >= 4 is 23.5 Å². The van der Waals surface area contributed by atoms with Crippen molar-refractivity contribution in [1.29, 1.82) is 0 Å². The van der Waals surface area contributed by atoms with Crippen molar-refractivity contribution in [1.82, 2.24) is 20.4 Å². The van der Waals surface area contributed by atoms with Crippen LogP contribution in [-0.4, -0.2) is 59.2 Å². The maximum atomic E-state index is 12.2. The Hall–Kier alpha value is -3.04. The Labute approximate surface area is 211 Å². The number of aromatic nitrogens is 2. The molecule has 0 aliphatic carbocycles. The first-order chi connectivity index (χ1) is 17.0. The summed E-state index contributed by atoms with van der Waals surface area (Å²) in [5, 5.41) is 24.2. The van der Waals surface area contributed by atoms with Gasteiger partial charge in [-0.15, -0.1) is 22.0 Å². The van der Waals surface area contributed by atoms with Crippen molar-refractivity contribution in [2.75, 3.05) is 38.3 Å². The zero-order valence-electron chi connectivity index (χ0n) is 20.7. The van der Waals surface area contributed by atoms with Crippen molar-refractivity contribution < 1.29 is 14.3 Å². The van der Waals surface area contributed by atoms with Gasteiger partial charge in [0.25, 0.3) is 0 Å². The molecule has 1 heterocycles. The summed E-state index contributed by atoms with van der Waals surface area (Å²) in [6.45, 7) is 3.80. The predicted molar refractivity (Wildman–Crippen MR) is 142 cm³/mol. The van der Waals surface area contributed by atoms with Crippen molar-refractivity contribution in [3.05, 3.63) is 60.0 Å². The average Bonchev–Trinajstić information content (AvgIpc) is 3.33. The normalized spacial score (nSPS) is 12.0. The highest BCUT2D eigenvalue weighted by atomic mass is 32.2. The smallest absolute Gasteiger partial charge is 0.319 e. The lowest BCUT2D eigenvalue weighted by Gasteiger charge is -2.13. The van der Waals surface area contributed by atoms with E-state index in [1.165, 1.54) is 12.8 Å². The number of para-hydroxylation sites is 1. The second-order valence-electron chi connectivity index (χ2n) is 8.52. The Morgan fingerprint density at radius 1 is 1.06 bits per heavy atom. The molecule has 188 valence electrons. The Kier molecular flexibility index (Phi) is 10.4. The lowest BCUT2D eigenvalue weighted by Crippen LogP contribution is -2.29. The van der Waals surface area contributed by atoms with Crippen LogP contribution in [0.15, 0.2) is 52.9 Å². The van der Waals surface area contributed by atoms with Gasteiger partial charge in [0, 0.05) is 23.4 Å². The van der Waals surface area contributed by atoms with Crippen molar-refractivity contribution in [3.63, 3.8) is 0 Å². The van der Waals surface area contributed by atoms with E-state index in [1.54, 1.807) is 36.0 Å². The van der Waals surface area contributed by atoms with Gasteiger partial charge in [0.05, 0.1) is 0 Å². The first-order valence-electron chi connectivity index (χ1n) is 12.0. The van der Waals surface area contributed by atoms with Crippen LogP contribution in [0.4, 0.5) is 10.5 Å². The van der Waals surface area contributed by atoms with Crippen LogP contribution in [0.1, 0.15) is 49.3 Å². The third-order valence-electron chi connectivity index (χ3n) is 5.42. The molecule has 2 aromatic carbocycles. The number of carbonyl (C=O) groups excluding carboxylic acids is 1. The molecule has 0 radical (unpaired) electrons. The van der Waals surface area contributed by atoms with E-state index in [0.717, 1.165) is 36.3 Å². The molecule has 0 saturated carbocycles. The lowest BCUT2D eigenvalue weighted by molar-refractivity contribution is 0.252. The summed E-state index contributed by atoms with van der Waals surface area (Å²) in [6, 6.07) is 14.3. The molecule has 2 amide bonds. The van der Waals surface area contributed by atoms with E-state index in [-0.39, 0.29) is 17.0 Å². The van der Waals surface area contributed by atoms with Crippen LogP contribution in [0.2, 0.25) is 0 Å². The van der Waals surface area contributed by atoms with Crippen LogP contribution in [-0.2, 0) is 0 Å². The van der Waals surface area contributed by atoms with Crippen LogP contribution in [0.3, 0.4) is 0 Å². The topological polar surface area (TPSA) is 104 Å². The van der Waals surface area contributed by atoms with E-state index in [1.807, 2.05) is 31.2 Å². The van der Waals surface area contributed by atoms with E-state index < -0.39 is 0 Å². The summed E-state index contributed by atoms with van der Waals surface area (Å²) in [7, 11) is 4.16. The average molecular weight is 498 g/mol. The van der Waals surface area contributed by atoms with Gasteiger partial charge in [-0.3, -0.25) is 0 Å². The van der Waals surface area contributed by atoms with Gasteiger partial charge in [-0.25, -0.2) is 4.79 Å². The summed E-state index contributed by atoms with van der Waals surface area (Å²) in [4.78, 5) is 14.3. The molecule has 1 atom stereocenters. The number of benzene rings is 2. The van der Waals surface area contributed by atoms with Gasteiger partial charge in [-0.2, -0.15) is 0 Å². The maximum Gasteiger partial charge on any atom is 0.319 e. The molecule has 8 nitrogen and oxygen atoms in total. The Balaban J connectivity index is 1.52. The number of anilines is 1. The number of thioether (sulfide) groups is 1. The molecule has 1 unspecified atom stereocenters. The van der Waals surface area contributed by atoms with Gasteiger partial charge < -0.3 is 25.1 Å². The number of carbonyl (C=O) groups is 1. The van der Waals surface area contributed by atoms with Crippen molar-refractivity contribution in [2.45, 2.75) is 37.9 Å². The summed E-state index contributed by atoms with van der Waals surface area (Å²) >= 11 is 1.61. The number of nitrogens with zero attached hydrogens (tertiary/aromatic N) is 3. The first kappa shape index (κ1) is 26.6. The van der Waals surface area contributed by atoms with E-state index in [4.69, 9.17) is 4.42 Å². The molecular formula is C26H35N5O3S. The predicted octanol–water partition coefficient (Wildman–Crippen LogP) is 5.53. The third-order valence-corrected chi connectivity index (χ3v) is 6.55. The number of amides is 2. The number of rotatable bonds is 13. The monoisotopic (exact) mass is 497 g/mol. The minimum absolute atomic E-state index is 0.205. The second kappa shape index (κ2) is 13.7. The quantitative estimate of drug-likeness (QED) is 0.267. The zero-order chi connectivity index (χ0) is 25.0. The number of phenolic OH excluding ortho intramolecular Hbond substituents is 1. The number of hydrogen-bond acceptors (Lipinski definition) is 7. The standard InChI is InChI=1S/C26H35N5O3S/c1-4-35-23(21-11-7-8-12-22(21)32)25-30-29-24(34-25)19-13-15-20(16-14-19)28-26(33)27-17-9-5-6-10-18-31(2)3/h7-8,11-16,23,32H,4-6,9-10,17-18H2,1-3H3,(H2,27,28,33). The molecule has 1 aromatic heterocycles. The van der Waals surface area contributed by atoms with Gasteiger partial charge in [0.2, 0.25) is 11.8 Å². The van der Waals surface area contributed by atoms with E-state index >= 15 is 0 Å². The molecular weight excluding hydrogens is 462 g/mol. The molecule has 0 fully saturated rings. The van der Waals surface area contributed by atoms with Crippen molar-refractivity contribution in [3.8, 4) is 17.2 Å². The SMILES string of the molecule is CCSC(c1nnc(-c2ccc(NC(=O)NCCCCCCN(C)C)cc2)o1)c1ccccc1O. The van der Waals surface area contributed by atoms with Crippen LogP contribution >= 0.6 is 11.8 Å².